The first-order chi connectivity index (χ1) is 11.2. The summed E-state index contributed by atoms with van der Waals surface area (Å²) in [6.45, 7) is 4.28. The zero-order chi connectivity index (χ0) is 16.1. The Hall–Kier alpha value is -2.58. The number of ether oxygens (including phenoxy) is 1. The molecule has 0 saturated carbocycles. The van der Waals surface area contributed by atoms with Crippen molar-refractivity contribution in [3.8, 4) is 17.0 Å². The van der Waals surface area contributed by atoms with Crippen LogP contribution in [0.5, 0.6) is 5.88 Å². The Kier molecular flexibility index (Phi) is 4.74. The number of hydrogen-bond donors (Lipinski definition) is 0. The van der Waals surface area contributed by atoms with Crippen molar-refractivity contribution < 1.29 is 4.74 Å². The van der Waals surface area contributed by atoms with Gasteiger partial charge in [0.25, 0.3) is 0 Å². The number of rotatable bonds is 5. The normalized spacial score (nSPS) is 10.3. The molecule has 0 amide bonds. The van der Waals surface area contributed by atoms with E-state index in [-0.39, 0.29) is 0 Å². The Labute approximate surface area is 141 Å². The minimum atomic E-state index is 0.505. The minimum Gasteiger partial charge on any atom is -0.473 e. The van der Waals surface area contributed by atoms with Crippen LogP contribution in [0.4, 0.5) is 0 Å². The molecular formula is C20H16ClNO. The summed E-state index contributed by atoms with van der Waals surface area (Å²) in [5.74, 6) is 0.601. The predicted molar refractivity (Wildman–Crippen MR) is 95.5 cm³/mol. The van der Waals surface area contributed by atoms with Gasteiger partial charge in [-0.1, -0.05) is 54.6 Å². The van der Waals surface area contributed by atoms with E-state index in [4.69, 9.17) is 16.3 Å². The van der Waals surface area contributed by atoms with Crippen molar-refractivity contribution in [1.82, 2.24) is 4.98 Å². The third-order valence-corrected chi connectivity index (χ3v) is 3.67. The van der Waals surface area contributed by atoms with E-state index in [1.165, 1.54) is 0 Å². The van der Waals surface area contributed by atoms with Gasteiger partial charge in [-0.2, -0.15) is 0 Å². The first-order valence-corrected chi connectivity index (χ1v) is 7.68. The van der Waals surface area contributed by atoms with Crippen molar-refractivity contribution in [1.29, 1.82) is 0 Å². The Morgan fingerprint density at radius 3 is 2.52 bits per heavy atom. The zero-order valence-corrected chi connectivity index (χ0v) is 13.3. The molecule has 0 atom stereocenters. The van der Waals surface area contributed by atoms with Crippen molar-refractivity contribution >= 4 is 17.7 Å². The summed E-state index contributed by atoms with van der Waals surface area (Å²) in [5, 5.41) is 0.682. The summed E-state index contributed by atoms with van der Waals surface area (Å²) in [7, 11) is 0. The summed E-state index contributed by atoms with van der Waals surface area (Å²) in [6.07, 6.45) is 3.57. The molecule has 1 heterocycles. The van der Waals surface area contributed by atoms with Gasteiger partial charge in [0.1, 0.15) is 6.61 Å². The van der Waals surface area contributed by atoms with Crippen molar-refractivity contribution in [3.63, 3.8) is 0 Å². The third-order valence-electron chi connectivity index (χ3n) is 3.46. The lowest BCUT2D eigenvalue weighted by molar-refractivity contribution is 0.294. The summed E-state index contributed by atoms with van der Waals surface area (Å²) >= 11 is 6.13. The largest absolute Gasteiger partial charge is 0.473 e. The van der Waals surface area contributed by atoms with Crippen LogP contribution in [0.2, 0.25) is 5.02 Å². The Morgan fingerprint density at radius 1 is 1.00 bits per heavy atom. The number of aromatic nitrogens is 1. The molecule has 0 aliphatic carbocycles. The van der Waals surface area contributed by atoms with Crippen LogP contribution in [0.25, 0.3) is 17.2 Å². The van der Waals surface area contributed by atoms with E-state index in [0.29, 0.717) is 17.5 Å². The van der Waals surface area contributed by atoms with E-state index >= 15 is 0 Å². The lowest BCUT2D eigenvalue weighted by Crippen LogP contribution is -1.96. The molecule has 2 nitrogen and oxygen atoms in total. The molecule has 3 aromatic rings. The molecule has 0 spiro atoms. The van der Waals surface area contributed by atoms with Crippen LogP contribution in [0.15, 0.2) is 73.4 Å². The second-order valence-corrected chi connectivity index (χ2v) is 5.57. The van der Waals surface area contributed by atoms with E-state index in [1.54, 1.807) is 12.3 Å². The summed E-state index contributed by atoms with van der Waals surface area (Å²) < 4.78 is 5.70. The van der Waals surface area contributed by atoms with Gasteiger partial charge in [-0.05, 0) is 41.0 Å². The second kappa shape index (κ2) is 7.12. The van der Waals surface area contributed by atoms with Gasteiger partial charge in [-0.25, -0.2) is 4.98 Å². The summed E-state index contributed by atoms with van der Waals surface area (Å²) in [5.41, 5.74) is 4.10. The van der Waals surface area contributed by atoms with Crippen LogP contribution in [0.1, 0.15) is 11.1 Å². The SMILES string of the molecule is C=Cc1cc(Cl)cc(-c2ccc(OCc3ccccc3)nc2)c1. The maximum absolute atomic E-state index is 6.13. The zero-order valence-electron chi connectivity index (χ0n) is 12.6. The fraction of sp³-hybridized carbons (Fsp3) is 0.0500. The van der Waals surface area contributed by atoms with Crippen LogP contribution >= 0.6 is 11.6 Å². The van der Waals surface area contributed by atoms with Crippen LogP contribution in [0.3, 0.4) is 0 Å². The Bertz CT molecular complexity index is 798. The van der Waals surface area contributed by atoms with Gasteiger partial charge in [0.15, 0.2) is 0 Å². The number of hydrogen-bond acceptors (Lipinski definition) is 2. The van der Waals surface area contributed by atoms with Gasteiger partial charge >= 0.3 is 0 Å². The van der Waals surface area contributed by atoms with E-state index in [9.17, 15) is 0 Å². The number of pyridine rings is 1. The van der Waals surface area contributed by atoms with Crippen molar-refractivity contribution in [2.45, 2.75) is 6.61 Å². The van der Waals surface area contributed by atoms with Gasteiger partial charge in [0.05, 0.1) is 0 Å². The molecule has 1 aromatic heterocycles. The molecule has 23 heavy (non-hydrogen) atoms. The van der Waals surface area contributed by atoms with Crippen LogP contribution in [-0.4, -0.2) is 4.98 Å². The highest BCUT2D eigenvalue weighted by Gasteiger charge is 2.03. The standard InChI is InChI=1S/C20H16ClNO/c1-2-15-10-18(12-19(21)11-15)17-8-9-20(22-13-17)23-14-16-6-4-3-5-7-16/h2-13H,1,14H2. The molecule has 0 unspecified atom stereocenters. The molecule has 0 radical (unpaired) electrons. The first-order valence-electron chi connectivity index (χ1n) is 7.31. The van der Waals surface area contributed by atoms with Gasteiger partial charge in [-0.3, -0.25) is 0 Å². The first kappa shape index (κ1) is 15.3. The quantitative estimate of drug-likeness (QED) is 0.608. The van der Waals surface area contributed by atoms with E-state index in [2.05, 4.69) is 11.6 Å². The van der Waals surface area contributed by atoms with E-state index in [1.807, 2.05) is 60.7 Å². The molecule has 0 N–H and O–H groups in total. The van der Waals surface area contributed by atoms with Gasteiger partial charge < -0.3 is 4.74 Å². The fourth-order valence-corrected chi connectivity index (χ4v) is 2.51. The molecule has 2 aromatic carbocycles. The molecular weight excluding hydrogens is 306 g/mol. The molecule has 0 fully saturated rings. The van der Waals surface area contributed by atoms with Crippen molar-refractivity contribution in [2.24, 2.45) is 0 Å². The molecule has 3 rings (SSSR count). The summed E-state index contributed by atoms with van der Waals surface area (Å²) in [4.78, 5) is 4.36. The predicted octanol–water partition coefficient (Wildman–Crippen LogP) is 5.62. The molecule has 114 valence electrons. The summed E-state index contributed by atoms with van der Waals surface area (Å²) in [6, 6.07) is 19.7. The van der Waals surface area contributed by atoms with E-state index in [0.717, 1.165) is 22.3 Å². The van der Waals surface area contributed by atoms with Crippen molar-refractivity contribution in [3.05, 3.63) is 89.6 Å². The smallest absolute Gasteiger partial charge is 0.213 e. The maximum atomic E-state index is 6.13. The number of halogens is 1. The maximum Gasteiger partial charge on any atom is 0.213 e. The Morgan fingerprint density at radius 2 is 1.83 bits per heavy atom. The van der Waals surface area contributed by atoms with Crippen molar-refractivity contribution in [2.75, 3.05) is 0 Å². The molecule has 0 aliphatic rings. The molecule has 0 bridgehead atoms. The lowest BCUT2D eigenvalue weighted by atomic mass is 10.0. The Balaban J connectivity index is 1.74. The molecule has 0 saturated heterocycles. The highest BCUT2D eigenvalue weighted by atomic mass is 35.5. The fourth-order valence-electron chi connectivity index (χ4n) is 2.26. The average Bonchev–Trinajstić information content (AvgIpc) is 2.60. The highest BCUT2D eigenvalue weighted by Crippen LogP contribution is 2.26. The van der Waals surface area contributed by atoms with Gasteiger partial charge in [0, 0.05) is 22.8 Å². The van der Waals surface area contributed by atoms with Crippen LogP contribution in [-0.2, 0) is 6.61 Å². The van der Waals surface area contributed by atoms with Gasteiger partial charge in [0.2, 0.25) is 5.88 Å². The highest BCUT2D eigenvalue weighted by molar-refractivity contribution is 6.31. The lowest BCUT2D eigenvalue weighted by Gasteiger charge is -2.07. The minimum absolute atomic E-state index is 0.505. The van der Waals surface area contributed by atoms with Crippen LogP contribution in [0, 0.1) is 0 Å². The monoisotopic (exact) mass is 321 g/mol. The number of benzene rings is 2. The van der Waals surface area contributed by atoms with Gasteiger partial charge in [-0.15, -0.1) is 0 Å². The second-order valence-electron chi connectivity index (χ2n) is 5.14. The van der Waals surface area contributed by atoms with E-state index < -0.39 is 0 Å². The van der Waals surface area contributed by atoms with Crippen LogP contribution < -0.4 is 4.74 Å². The average molecular weight is 322 g/mol. The molecule has 3 heteroatoms. The topological polar surface area (TPSA) is 22.1 Å². The number of nitrogens with zero attached hydrogens (tertiary/aromatic N) is 1. The third kappa shape index (κ3) is 3.99. The molecule has 0 aliphatic heterocycles.